The van der Waals surface area contributed by atoms with Crippen LogP contribution in [0.25, 0.3) is 0 Å². The quantitative estimate of drug-likeness (QED) is 0.260. The summed E-state index contributed by atoms with van der Waals surface area (Å²) >= 11 is 0. The van der Waals surface area contributed by atoms with Gasteiger partial charge in [-0.1, -0.05) is 0 Å². The van der Waals surface area contributed by atoms with E-state index in [4.69, 9.17) is 19.2 Å². The van der Waals surface area contributed by atoms with Crippen molar-refractivity contribution in [3.8, 4) is 0 Å². The first kappa shape index (κ1) is 15.8. The van der Waals surface area contributed by atoms with Gasteiger partial charge in [0.2, 0.25) is 0 Å². The van der Waals surface area contributed by atoms with Crippen molar-refractivity contribution in [2.75, 3.05) is 0 Å². The molecule has 0 rings (SSSR count). The van der Waals surface area contributed by atoms with Crippen molar-refractivity contribution in [3.63, 3.8) is 0 Å². The second-order valence-electron chi connectivity index (χ2n) is 0.447. The van der Waals surface area contributed by atoms with E-state index in [1.165, 1.54) is 0 Å². The topological polar surface area (TPSA) is 86.2 Å². The summed E-state index contributed by atoms with van der Waals surface area (Å²) in [5, 5.41) is 0. The molecule has 0 aromatic heterocycles. The molecule has 0 unspecified atom stereocenters. The SMILES string of the molecule is O=P([O-])([O-])[O-].[Be+2].[Ca+2]. The zero-order valence-corrected chi connectivity index (χ0v) is 6.60. The minimum absolute atomic E-state index is 0. The first-order valence-corrected chi connectivity index (χ1v) is 2.19. The van der Waals surface area contributed by atoms with Crippen LogP contribution in [0.4, 0.5) is 0 Å². The maximum absolute atomic E-state index is 8.55. The molecule has 0 atom stereocenters. The Morgan fingerprint density at radius 3 is 1.14 bits per heavy atom. The Morgan fingerprint density at radius 1 is 1.14 bits per heavy atom. The molecule has 0 aromatic carbocycles. The summed E-state index contributed by atoms with van der Waals surface area (Å²) in [5.74, 6) is 0. The predicted octanol–water partition coefficient (Wildman–Crippen LogP) is -3.59. The Bertz CT molecular complexity index is 57.8. The van der Waals surface area contributed by atoms with E-state index in [9.17, 15) is 0 Å². The van der Waals surface area contributed by atoms with Crippen LogP contribution in [0, 0.1) is 0 Å². The third kappa shape index (κ3) is 97.7. The molecule has 0 radical (unpaired) electrons. The molecule has 0 N–H and O–H groups in total. The smallest absolute Gasteiger partial charge is 0.822 e. The number of hydrogen-bond acceptors (Lipinski definition) is 4. The molecule has 0 spiro atoms. The third-order valence-corrected chi connectivity index (χ3v) is 0. The standard InChI is InChI=1S/Be.Ca.H3O4P/c;;1-5(2,3)4/h;;(H3,1,2,3,4)/q2*+2;/p-3. The van der Waals surface area contributed by atoms with Crippen molar-refractivity contribution < 1.29 is 19.2 Å². The Kier molecular flexibility index (Phi) is 12.8. The number of rotatable bonds is 0. The van der Waals surface area contributed by atoms with E-state index >= 15 is 0 Å². The molecule has 0 aliphatic heterocycles. The van der Waals surface area contributed by atoms with Gasteiger partial charge >= 0.3 is 47.9 Å². The summed E-state index contributed by atoms with van der Waals surface area (Å²) in [6.45, 7) is 0. The molecule has 7 heavy (non-hydrogen) atoms. The van der Waals surface area contributed by atoms with Gasteiger partial charge < -0.3 is 19.2 Å². The Morgan fingerprint density at radius 2 is 1.14 bits per heavy atom. The van der Waals surface area contributed by atoms with E-state index in [1.54, 1.807) is 0 Å². The van der Waals surface area contributed by atoms with Crippen LogP contribution < -0.4 is 14.7 Å². The molecule has 0 heterocycles. The summed E-state index contributed by atoms with van der Waals surface area (Å²) in [6, 6.07) is 0. The van der Waals surface area contributed by atoms with Crippen LogP contribution in [-0.4, -0.2) is 47.9 Å². The Balaban J connectivity index is -0.0000000800. The average molecular weight is 144 g/mol. The second kappa shape index (κ2) is 5.67. The molecule has 7 heteroatoms. The molecule has 0 aliphatic carbocycles. The minimum Gasteiger partial charge on any atom is -0.822 e. The van der Waals surface area contributed by atoms with E-state index in [0.29, 0.717) is 0 Å². The zero-order chi connectivity index (χ0) is 4.50. The van der Waals surface area contributed by atoms with Gasteiger partial charge in [-0.2, -0.15) is 7.82 Å². The first-order valence-electron chi connectivity index (χ1n) is 0.730. The van der Waals surface area contributed by atoms with Crippen molar-refractivity contribution >= 4 is 55.7 Å². The summed E-state index contributed by atoms with van der Waals surface area (Å²) in [6.07, 6.45) is 0. The fraction of sp³-hybridized carbons (Fsp3) is 0. The van der Waals surface area contributed by atoms with Crippen molar-refractivity contribution in [1.29, 1.82) is 0 Å². The third-order valence-electron chi connectivity index (χ3n) is 0. The normalized spacial score (nSPS) is 8.43. The van der Waals surface area contributed by atoms with Crippen LogP contribution in [0.2, 0.25) is 0 Å². The van der Waals surface area contributed by atoms with Gasteiger partial charge in [-0.15, -0.1) is 0 Å². The minimum atomic E-state index is -5.39. The van der Waals surface area contributed by atoms with E-state index in [0.717, 1.165) is 0 Å². The summed E-state index contributed by atoms with van der Waals surface area (Å²) in [4.78, 5) is 25.6. The van der Waals surface area contributed by atoms with Gasteiger partial charge in [0.15, 0.2) is 0 Å². The largest absolute Gasteiger partial charge is 2.00 e. The predicted molar refractivity (Wildman–Crippen MR) is 19.1 cm³/mol. The molecule has 0 fully saturated rings. The molecule has 0 saturated carbocycles. The van der Waals surface area contributed by atoms with E-state index in [2.05, 4.69) is 0 Å². The van der Waals surface area contributed by atoms with Crippen molar-refractivity contribution in [1.82, 2.24) is 0 Å². The van der Waals surface area contributed by atoms with Crippen LogP contribution in [0.1, 0.15) is 0 Å². The van der Waals surface area contributed by atoms with E-state index < -0.39 is 7.82 Å². The van der Waals surface area contributed by atoms with Crippen molar-refractivity contribution in [2.24, 2.45) is 0 Å². The molecular formula is BeCaO4P+. The van der Waals surface area contributed by atoms with E-state index in [1.807, 2.05) is 0 Å². The van der Waals surface area contributed by atoms with Gasteiger partial charge in [-0.3, -0.25) is 0 Å². The Labute approximate surface area is 74.4 Å². The van der Waals surface area contributed by atoms with Crippen LogP contribution in [0.15, 0.2) is 0 Å². The summed E-state index contributed by atoms with van der Waals surface area (Å²) in [5.41, 5.74) is 0. The fourth-order valence-corrected chi connectivity index (χ4v) is 0. The number of hydrogen-bond donors (Lipinski definition) is 0. The molecular weight excluding hydrogens is 144 g/mol. The molecule has 0 amide bonds. The van der Waals surface area contributed by atoms with Gasteiger partial charge in [0.1, 0.15) is 0 Å². The van der Waals surface area contributed by atoms with Gasteiger partial charge in [-0.25, -0.2) is 0 Å². The van der Waals surface area contributed by atoms with E-state index in [-0.39, 0.29) is 47.9 Å². The molecule has 32 valence electrons. The second-order valence-corrected chi connectivity index (χ2v) is 1.34. The maximum atomic E-state index is 8.55. The average Bonchev–Trinajstić information content (AvgIpc) is 0.722. The fourth-order valence-electron chi connectivity index (χ4n) is 0. The van der Waals surface area contributed by atoms with Crippen LogP contribution in [0.3, 0.4) is 0 Å². The van der Waals surface area contributed by atoms with Gasteiger partial charge in [0.05, 0.1) is 0 Å². The monoisotopic (exact) mass is 144 g/mol. The summed E-state index contributed by atoms with van der Waals surface area (Å²) in [7, 11) is -5.39. The molecule has 0 aromatic rings. The first-order chi connectivity index (χ1) is 2.00. The van der Waals surface area contributed by atoms with Crippen molar-refractivity contribution in [2.45, 2.75) is 0 Å². The Hall–Kier alpha value is 1.54. The van der Waals surface area contributed by atoms with Crippen LogP contribution in [0.5, 0.6) is 0 Å². The molecule has 0 aliphatic rings. The zero-order valence-electron chi connectivity index (χ0n) is 3.49. The molecule has 0 saturated heterocycles. The van der Waals surface area contributed by atoms with Gasteiger partial charge in [0, 0.05) is 0 Å². The number of phosphoric acid groups is 1. The van der Waals surface area contributed by atoms with Crippen molar-refractivity contribution in [3.05, 3.63) is 0 Å². The van der Waals surface area contributed by atoms with Gasteiger partial charge in [0.25, 0.3) is 0 Å². The van der Waals surface area contributed by atoms with Crippen LogP contribution in [-0.2, 0) is 4.57 Å². The van der Waals surface area contributed by atoms with Crippen LogP contribution >= 0.6 is 7.82 Å². The summed E-state index contributed by atoms with van der Waals surface area (Å²) < 4.78 is 8.55. The molecule has 4 nitrogen and oxygen atoms in total. The van der Waals surface area contributed by atoms with Gasteiger partial charge in [-0.05, 0) is 0 Å². The molecule has 0 bridgehead atoms. The maximum Gasteiger partial charge on any atom is 2.00 e.